The van der Waals surface area contributed by atoms with Crippen LogP contribution in [0.5, 0.6) is 0 Å². The molecule has 4 heteroatoms. The van der Waals surface area contributed by atoms with E-state index in [9.17, 15) is 8.42 Å². The molecule has 0 radical (unpaired) electrons. The van der Waals surface area contributed by atoms with Crippen LogP contribution in [0, 0.1) is 0 Å². The van der Waals surface area contributed by atoms with Crippen LogP contribution in [-0.2, 0) is 16.3 Å². The predicted octanol–water partition coefficient (Wildman–Crippen LogP) is 2.38. The molecule has 0 heterocycles. The van der Waals surface area contributed by atoms with Gasteiger partial charge < -0.3 is 0 Å². The van der Waals surface area contributed by atoms with Crippen LogP contribution >= 0.6 is 15.9 Å². The molecule has 0 fully saturated rings. The van der Waals surface area contributed by atoms with Gasteiger partial charge in [0.1, 0.15) is 0 Å². The van der Waals surface area contributed by atoms with Crippen molar-refractivity contribution >= 4 is 31.8 Å². The van der Waals surface area contributed by atoms with Gasteiger partial charge in [-0.15, -0.1) is 0 Å². The van der Waals surface area contributed by atoms with Crippen molar-refractivity contribution in [3.63, 3.8) is 0 Å². The Morgan fingerprint density at radius 2 is 2.07 bits per heavy atom. The quantitative estimate of drug-likeness (QED) is 0.787. The molecule has 0 N–H and O–H groups in total. The van der Waals surface area contributed by atoms with Crippen molar-refractivity contribution in [1.82, 2.24) is 0 Å². The summed E-state index contributed by atoms with van der Waals surface area (Å²) in [6.45, 7) is 0. The molecule has 1 aromatic carbocycles. The van der Waals surface area contributed by atoms with Gasteiger partial charge in [0.05, 0.1) is 4.90 Å². The molecule has 1 aliphatic carbocycles. The summed E-state index contributed by atoms with van der Waals surface area (Å²) in [6.07, 6.45) is 3.91. The summed E-state index contributed by atoms with van der Waals surface area (Å²) in [4.78, 5) is 0.421. The normalized spacial score (nSPS) is 15.1. The molecular weight excluding hydrogens is 264 g/mol. The van der Waals surface area contributed by atoms with E-state index in [2.05, 4.69) is 15.9 Å². The van der Waals surface area contributed by atoms with Crippen LogP contribution in [0.3, 0.4) is 0 Å². The molecule has 0 aliphatic heterocycles. The lowest BCUT2D eigenvalue weighted by Gasteiger charge is -2.04. The first-order valence-corrected chi connectivity index (χ1v) is 6.85. The van der Waals surface area contributed by atoms with Crippen molar-refractivity contribution in [1.29, 1.82) is 0 Å². The number of hydrogen-bond acceptors (Lipinski definition) is 2. The Kier molecular flexibility index (Phi) is 2.27. The zero-order valence-electron chi connectivity index (χ0n) is 7.62. The van der Waals surface area contributed by atoms with Crippen LogP contribution in [-0.4, -0.2) is 14.7 Å². The van der Waals surface area contributed by atoms with Crippen LogP contribution in [0.25, 0.3) is 6.08 Å². The minimum absolute atomic E-state index is 0.421. The number of fused-ring (bicyclic) bond motifs is 1. The molecule has 74 valence electrons. The van der Waals surface area contributed by atoms with E-state index in [0.29, 0.717) is 4.90 Å². The van der Waals surface area contributed by atoms with Crippen LogP contribution in [0.15, 0.2) is 27.6 Å². The van der Waals surface area contributed by atoms with E-state index in [1.54, 1.807) is 12.1 Å². The van der Waals surface area contributed by atoms with Gasteiger partial charge in [-0.3, -0.25) is 0 Å². The Morgan fingerprint density at radius 3 is 2.71 bits per heavy atom. The number of benzene rings is 1. The van der Waals surface area contributed by atoms with Crippen LogP contribution in [0.2, 0.25) is 0 Å². The third-order valence-electron chi connectivity index (χ3n) is 2.22. The molecule has 0 atom stereocenters. The van der Waals surface area contributed by atoms with Crippen LogP contribution in [0.4, 0.5) is 0 Å². The molecule has 0 bridgehead atoms. The number of sulfone groups is 1. The van der Waals surface area contributed by atoms with E-state index < -0.39 is 9.84 Å². The fourth-order valence-corrected chi connectivity index (χ4v) is 3.07. The molecule has 0 spiro atoms. The number of halogens is 1. The summed E-state index contributed by atoms with van der Waals surface area (Å²) >= 11 is 3.39. The van der Waals surface area contributed by atoms with Crippen molar-refractivity contribution in [3.8, 4) is 0 Å². The lowest BCUT2D eigenvalue weighted by Crippen LogP contribution is -2.00. The molecule has 0 saturated carbocycles. The van der Waals surface area contributed by atoms with E-state index in [0.717, 1.165) is 22.0 Å². The number of hydrogen-bond donors (Lipinski definition) is 0. The molecule has 2 rings (SSSR count). The summed E-state index contributed by atoms with van der Waals surface area (Å²) in [6, 6.07) is 5.39. The molecule has 1 aliphatic rings. The SMILES string of the molecule is CS(=O)(=O)c1cccc2c1C=C(Br)C2. The largest absolute Gasteiger partial charge is 0.224 e. The van der Waals surface area contributed by atoms with E-state index in [-0.39, 0.29) is 0 Å². The fourth-order valence-electron chi connectivity index (χ4n) is 1.62. The summed E-state index contributed by atoms with van der Waals surface area (Å²) in [5.74, 6) is 0. The first-order valence-electron chi connectivity index (χ1n) is 4.16. The van der Waals surface area contributed by atoms with Gasteiger partial charge in [-0.05, 0) is 23.3 Å². The average molecular weight is 273 g/mol. The van der Waals surface area contributed by atoms with Crippen LogP contribution < -0.4 is 0 Å². The summed E-state index contributed by atoms with van der Waals surface area (Å²) in [5.41, 5.74) is 1.90. The highest BCUT2D eigenvalue weighted by Crippen LogP contribution is 2.32. The Hall–Kier alpha value is -0.610. The van der Waals surface area contributed by atoms with Gasteiger partial charge in [0, 0.05) is 17.2 Å². The minimum Gasteiger partial charge on any atom is -0.224 e. The van der Waals surface area contributed by atoms with E-state index >= 15 is 0 Å². The third-order valence-corrected chi connectivity index (χ3v) is 3.88. The predicted molar refractivity (Wildman–Crippen MR) is 60.2 cm³/mol. The van der Waals surface area contributed by atoms with Gasteiger partial charge in [-0.2, -0.15) is 0 Å². The van der Waals surface area contributed by atoms with Crippen molar-refractivity contribution in [3.05, 3.63) is 33.8 Å². The summed E-state index contributed by atoms with van der Waals surface area (Å²) in [7, 11) is -3.12. The van der Waals surface area contributed by atoms with Gasteiger partial charge in [0.15, 0.2) is 9.84 Å². The molecule has 0 aromatic heterocycles. The smallest absolute Gasteiger partial charge is 0.176 e. The van der Waals surface area contributed by atoms with Crippen LogP contribution in [0.1, 0.15) is 11.1 Å². The lowest BCUT2D eigenvalue weighted by molar-refractivity contribution is 0.601. The highest BCUT2D eigenvalue weighted by Gasteiger charge is 2.19. The van der Waals surface area contributed by atoms with Gasteiger partial charge in [0.25, 0.3) is 0 Å². The summed E-state index contributed by atoms with van der Waals surface area (Å²) in [5, 5.41) is 0. The Balaban J connectivity index is 2.71. The van der Waals surface area contributed by atoms with E-state index in [1.807, 2.05) is 12.1 Å². The second-order valence-corrected chi connectivity index (χ2v) is 6.37. The third kappa shape index (κ3) is 1.64. The minimum atomic E-state index is -3.12. The molecule has 0 amide bonds. The Morgan fingerprint density at radius 1 is 1.36 bits per heavy atom. The fraction of sp³-hybridized carbons (Fsp3) is 0.200. The molecule has 14 heavy (non-hydrogen) atoms. The monoisotopic (exact) mass is 272 g/mol. The lowest BCUT2D eigenvalue weighted by atomic mass is 10.1. The maximum absolute atomic E-state index is 11.5. The topological polar surface area (TPSA) is 34.1 Å². The molecule has 0 saturated heterocycles. The maximum atomic E-state index is 11.5. The number of allylic oxidation sites excluding steroid dienone is 1. The zero-order chi connectivity index (χ0) is 10.3. The highest BCUT2D eigenvalue weighted by molar-refractivity contribution is 9.11. The summed E-state index contributed by atoms with van der Waals surface area (Å²) < 4.78 is 23.9. The first-order chi connectivity index (χ1) is 6.48. The standard InChI is InChI=1S/C10H9BrO2S/c1-14(12,13)10-4-2-3-7-5-8(11)6-9(7)10/h2-4,6H,5H2,1H3. The second kappa shape index (κ2) is 3.21. The van der Waals surface area contributed by atoms with Gasteiger partial charge in [-0.25, -0.2) is 8.42 Å². The van der Waals surface area contributed by atoms with Gasteiger partial charge in [0.2, 0.25) is 0 Å². The van der Waals surface area contributed by atoms with Crippen molar-refractivity contribution < 1.29 is 8.42 Å². The van der Waals surface area contributed by atoms with Crippen molar-refractivity contribution in [2.24, 2.45) is 0 Å². The van der Waals surface area contributed by atoms with Crippen molar-refractivity contribution in [2.45, 2.75) is 11.3 Å². The zero-order valence-corrected chi connectivity index (χ0v) is 10.0. The Labute approximate surface area is 91.7 Å². The second-order valence-electron chi connectivity index (χ2n) is 3.37. The first kappa shape index (κ1) is 9.93. The van der Waals surface area contributed by atoms with Gasteiger partial charge in [-0.1, -0.05) is 28.1 Å². The van der Waals surface area contributed by atoms with E-state index in [4.69, 9.17) is 0 Å². The number of rotatable bonds is 1. The van der Waals surface area contributed by atoms with Crippen molar-refractivity contribution in [2.75, 3.05) is 6.26 Å². The molecular formula is C10H9BrO2S. The average Bonchev–Trinajstić information content (AvgIpc) is 2.41. The molecule has 0 unspecified atom stereocenters. The van der Waals surface area contributed by atoms with Gasteiger partial charge >= 0.3 is 0 Å². The maximum Gasteiger partial charge on any atom is 0.176 e. The molecule has 1 aromatic rings. The molecule has 2 nitrogen and oxygen atoms in total. The van der Waals surface area contributed by atoms with E-state index in [1.165, 1.54) is 6.26 Å². The Bertz CT molecular complexity index is 515. The highest BCUT2D eigenvalue weighted by atomic mass is 79.9.